The van der Waals surface area contributed by atoms with Crippen LogP contribution < -0.4 is 4.66 Å². The molecule has 0 unspecified atom stereocenters. The number of rotatable bonds is 0. The van der Waals surface area contributed by atoms with Crippen molar-refractivity contribution < 1.29 is 28.9 Å². The van der Waals surface area contributed by atoms with E-state index in [0.717, 1.165) is 0 Å². The molecule has 3 aromatic rings. The molecule has 100 valence electrons. The van der Waals surface area contributed by atoms with Crippen molar-refractivity contribution in [2.24, 2.45) is 0 Å². The van der Waals surface area contributed by atoms with E-state index in [1.807, 2.05) is 0 Å². The van der Waals surface area contributed by atoms with Crippen LogP contribution in [0.5, 0.6) is 0 Å². The first kappa shape index (κ1) is 14.1. The molecule has 0 saturated heterocycles. The van der Waals surface area contributed by atoms with E-state index in [0.29, 0.717) is 0 Å². The zero-order chi connectivity index (χ0) is 13.9. The molecule has 0 aliphatic rings. The van der Waals surface area contributed by atoms with Crippen molar-refractivity contribution in [2.75, 3.05) is 0 Å². The number of benzene rings is 2. The Morgan fingerprint density at radius 1 is 0.842 bits per heavy atom. The summed E-state index contributed by atoms with van der Waals surface area (Å²) in [6, 6.07) is 17.2. The van der Waals surface area contributed by atoms with E-state index < -0.39 is 10.2 Å². The van der Waals surface area contributed by atoms with Gasteiger partial charge in [-0.05, 0) is 29.0 Å². The maximum absolute atomic E-state index is 8.83. The van der Waals surface area contributed by atoms with Crippen LogP contribution in [0.25, 0.3) is 20.9 Å². The molecule has 0 radical (unpaired) electrons. The third-order valence-corrected chi connectivity index (χ3v) is 3.37. The molecule has 4 nitrogen and oxygen atoms in total. The van der Waals surface area contributed by atoms with Gasteiger partial charge in [0, 0.05) is 11.5 Å². The van der Waals surface area contributed by atoms with Gasteiger partial charge in [-0.2, -0.15) is 0 Å². The van der Waals surface area contributed by atoms with Gasteiger partial charge >= 0.3 is 28.9 Å². The molecule has 0 saturated carbocycles. The van der Waals surface area contributed by atoms with Crippen molar-refractivity contribution in [3.05, 3.63) is 53.9 Å². The van der Waals surface area contributed by atoms with E-state index in [1.54, 1.807) is 11.3 Å². The molecular formula is C13H12ClO4S+. The number of halogens is 1. The summed E-state index contributed by atoms with van der Waals surface area (Å²) in [7, 11) is -4.19. The van der Waals surface area contributed by atoms with Crippen molar-refractivity contribution in [1.29, 1.82) is 0 Å². The van der Waals surface area contributed by atoms with Gasteiger partial charge in [0.1, 0.15) is 0 Å². The second-order valence-corrected chi connectivity index (χ2v) is 5.56. The van der Waals surface area contributed by atoms with E-state index in [-0.39, 0.29) is 0 Å². The molecule has 0 atom stereocenters. The molecule has 1 heterocycles. The van der Waals surface area contributed by atoms with Crippen LogP contribution in [0.1, 0.15) is 0 Å². The van der Waals surface area contributed by atoms with Gasteiger partial charge in [0.05, 0.1) is 0 Å². The molecule has 6 heteroatoms. The van der Waals surface area contributed by atoms with Crippen molar-refractivity contribution in [2.45, 2.75) is 0 Å². The number of hydrogen-bond donors (Lipinski definition) is 3. The van der Waals surface area contributed by atoms with Gasteiger partial charge in [0.25, 0.3) is 0 Å². The molecular weight excluding hydrogens is 288 g/mol. The minimum atomic E-state index is -4.19. The fraction of sp³-hybridized carbons (Fsp3) is 0. The minimum Gasteiger partial charge on any atom is -0.0616 e. The van der Waals surface area contributed by atoms with Gasteiger partial charge in [-0.15, -0.1) is 0 Å². The third-order valence-electron chi connectivity index (χ3n) is 2.47. The van der Waals surface area contributed by atoms with Crippen LogP contribution in [0.15, 0.2) is 53.9 Å². The number of fused-ring (bicyclic) bond motifs is 3. The first-order valence-electron chi connectivity index (χ1n) is 5.29. The molecule has 0 aliphatic heterocycles. The topological polar surface area (TPSA) is 83.8 Å². The minimum absolute atomic E-state index is 1.32. The summed E-state index contributed by atoms with van der Waals surface area (Å²) in [4.78, 5) is 0. The Kier molecular flexibility index (Phi) is 4.26. The van der Waals surface area contributed by atoms with Crippen molar-refractivity contribution in [1.82, 2.24) is 0 Å². The summed E-state index contributed by atoms with van der Waals surface area (Å²) >= 11 is 1.79. The van der Waals surface area contributed by atoms with E-state index >= 15 is 0 Å². The van der Waals surface area contributed by atoms with Crippen LogP contribution in [0.2, 0.25) is 0 Å². The molecule has 0 spiro atoms. The van der Waals surface area contributed by atoms with Crippen molar-refractivity contribution >= 4 is 32.2 Å². The van der Waals surface area contributed by atoms with Crippen LogP contribution >= 0.6 is 11.3 Å². The number of hydrogen-bond acceptors (Lipinski definition) is 4. The fourth-order valence-corrected chi connectivity index (χ4v) is 2.55. The molecule has 3 N–H and O–H groups in total. The van der Waals surface area contributed by atoms with Crippen LogP contribution in [0, 0.1) is 10.2 Å². The zero-order valence-corrected chi connectivity index (χ0v) is 11.3. The monoisotopic (exact) mass is 299 g/mol. The molecule has 3 rings (SSSR count). The molecule has 0 fully saturated rings. The average Bonchev–Trinajstić information content (AvgIpc) is 2.37. The summed E-state index contributed by atoms with van der Waals surface area (Å²) in [5.41, 5.74) is 0. The molecule has 2 aromatic carbocycles. The predicted molar refractivity (Wildman–Crippen MR) is 70.4 cm³/mol. The zero-order valence-electron chi connectivity index (χ0n) is 9.73. The first-order chi connectivity index (χ1) is 8.95. The second kappa shape index (κ2) is 5.75. The predicted octanol–water partition coefficient (Wildman–Crippen LogP) is 1.48. The smallest absolute Gasteiger partial charge is 0.0616 e. The Morgan fingerprint density at radius 2 is 1.47 bits per heavy atom. The van der Waals surface area contributed by atoms with Crippen molar-refractivity contribution in [3.8, 4) is 0 Å². The van der Waals surface area contributed by atoms with E-state index in [1.165, 1.54) is 20.9 Å². The summed E-state index contributed by atoms with van der Waals surface area (Å²) in [6.45, 7) is 0. The molecule has 19 heavy (non-hydrogen) atoms. The van der Waals surface area contributed by atoms with Gasteiger partial charge < -0.3 is 0 Å². The summed E-state index contributed by atoms with van der Waals surface area (Å²) in [6.07, 6.45) is 0. The van der Waals surface area contributed by atoms with Crippen LogP contribution in [0.3, 0.4) is 0 Å². The maximum Gasteiger partial charge on any atom is 0.238 e. The fourth-order valence-electron chi connectivity index (χ4n) is 1.80. The average molecular weight is 300 g/mol. The Bertz CT molecular complexity index is 636. The summed E-state index contributed by atoms with van der Waals surface area (Å²) in [5, 5.41) is 6.15. The van der Waals surface area contributed by atoms with Crippen molar-refractivity contribution in [3.63, 3.8) is 0 Å². The Hall–Kier alpha value is -1.34. The molecule has 1 aromatic heterocycles. The van der Waals surface area contributed by atoms with Crippen LogP contribution in [-0.4, -0.2) is 14.0 Å². The van der Waals surface area contributed by atoms with Gasteiger partial charge in [0.2, 0.25) is 16.0 Å². The Morgan fingerprint density at radius 3 is 2.21 bits per heavy atom. The standard InChI is InChI=1S/C13H9S.ClH3O4/c1-2-5-11-10(4-1)7-8-13-12(11)6-3-9-14-13;2-1(3,4)5/h1-9H;2-4H/q+1;. The van der Waals surface area contributed by atoms with Gasteiger partial charge in [-0.3, -0.25) is 0 Å². The van der Waals surface area contributed by atoms with Crippen LogP contribution in [-0.2, 0) is 0 Å². The molecule has 0 amide bonds. The largest absolute Gasteiger partial charge is 0.238 e. The van der Waals surface area contributed by atoms with Gasteiger partial charge in [0.15, 0.2) is 5.38 Å². The summed E-state index contributed by atoms with van der Waals surface area (Å²) < 4.78 is 31.6. The van der Waals surface area contributed by atoms with E-state index in [2.05, 4.69) is 53.9 Å². The summed E-state index contributed by atoms with van der Waals surface area (Å²) in [5.74, 6) is 0. The van der Waals surface area contributed by atoms with E-state index in [4.69, 9.17) is 18.6 Å². The Labute approximate surface area is 115 Å². The third kappa shape index (κ3) is 4.07. The van der Waals surface area contributed by atoms with Gasteiger partial charge in [-0.25, -0.2) is 0 Å². The SMILES string of the molecule is [O-][Cl+](O)(O)O.c1ccc2c(c1)ccc1[s+]cccc12. The normalized spacial score (nSPS) is 12.0. The van der Waals surface area contributed by atoms with Gasteiger partial charge in [-0.1, -0.05) is 24.3 Å². The Balaban J connectivity index is 0.000000232. The van der Waals surface area contributed by atoms with E-state index in [9.17, 15) is 0 Å². The molecule has 0 aliphatic carbocycles. The maximum atomic E-state index is 8.83. The first-order valence-corrected chi connectivity index (χ1v) is 7.50. The molecule has 0 bridgehead atoms. The quantitative estimate of drug-likeness (QED) is 0.434. The second-order valence-electron chi connectivity index (χ2n) is 3.75. The van der Waals surface area contributed by atoms with Crippen LogP contribution in [0.4, 0.5) is 0 Å².